The molecule has 1 aliphatic rings. The van der Waals surface area contributed by atoms with Gasteiger partial charge in [0.05, 0.1) is 24.4 Å². The minimum Gasteiger partial charge on any atom is -0.495 e. The molecule has 0 bridgehead atoms. The van der Waals surface area contributed by atoms with Gasteiger partial charge in [-0.1, -0.05) is 12.1 Å². The van der Waals surface area contributed by atoms with Crippen molar-refractivity contribution in [2.45, 2.75) is 0 Å². The molecule has 1 aliphatic heterocycles. The van der Waals surface area contributed by atoms with Gasteiger partial charge in [-0.15, -0.1) is 0 Å². The van der Waals surface area contributed by atoms with Crippen LogP contribution >= 0.6 is 0 Å². The van der Waals surface area contributed by atoms with Gasteiger partial charge in [0.2, 0.25) is 0 Å². The second-order valence-electron chi connectivity index (χ2n) is 7.27. The number of anilines is 2. The Balaban J connectivity index is 1.27. The van der Waals surface area contributed by atoms with E-state index in [1.165, 1.54) is 0 Å². The third-order valence-electron chi connectivity index (χ3n) is 5.45. The predicted octanol–water partition coefficient (Wildman–Crippen LogP) is 1.18. The number of methoxy groups -OCH3 is 1. The molecule has 1 fully saturated rings. The zero-order chi connectivity index (χ0) is 21.6. The molecular formula is C21H29N9O. The van der Waals surface area contributed by atoms with E-state index >= 15 is 0 Å². The van der Waals surface area contributed by atoms with Crippen molar-refractivity contribution in [3.8, 4) is 5.75 Å². The SMILES string of the molecule is CN=C(NCCNc1ncnc2c1cnn2C)N1CCN(c2ccccc2OC)CC1. The van der Waals surface area contributed by atoms with E-state index in [9.17, 15) is 0 Å². The number of ether oxygens (including phenoxy) is 1. The largest absolute Gasteiger partial charge is 0.495 e. The maximum Gasteiger partial charge on any atom is 0.193 e. The van der Waals surface area contributed by atoms with Crippen molar-refractivity contribution < 1.29 is 4.74 Å². The summed E-state index contributed by atoms with van der Waals surface area (Å²) in [6.45, 7) is 5.06. The van der Waals surface area contributed by atoms with Crippen molar-refractivity contribution in [2.75, 3.05) is 63.6 Å². The second-order valence-corrected chi connectivity index (χ2v) is 7.27. The Morgan fingerprint density at radius 2 is 1.94 bits per heavy atom. The number of nitrogens with zero attached hydrogens (tertiary/aromatic N) is 7. The van der Waals surface area contributed by atoms with Crippen molar-refractivity contribution >= 4 is 28.5 Å². The van der Waals surface area contributed by atoms with Crippen LogP contribution in [0, 0.1) is 0 Å². The molecule has 2 N–H and O–H groups in total. The number of fused-ring (bicyclic) bond motifs is 1. The molecule has 0 atom stereocenters. The van der Waals surface area contributed by atoms with Crippen molar-refractivity contribution in [3.05, 3.63) is 36.8 Å². The predicted molar refractivity (Wildman–Crippen MR) is 123 cm³/mol. The fraction of sp³-hybridized carbons (Fsp3) is 0.429. The van der Waals surface area contributed by atoms with Gasteiger partial charge >= 0.3 is 0 Å². The molecule has 1 saturated heterocycles. The number of piperazine rings is 1. The fourth-order valence-electron chi connectivity index (χ4n) is 3.84. The molecule has 2 aromatic heterocycles. The Morgan fingerprint density at radius 1 is 1.13 bits per heavy atom. The van der Waals surface area contributed by atoms with Crippen LogP contribution in [-0.4, -0.2) is 84.0 Å². The Labute approximate surface area is 181 Å². The average molecular weight is 424 g/mol. The number of aromatic nitrogens is 4. The molecule has 10 nitrogen and oxygen atoms in total. The van der Waals surface area contributed by atoms with Crippen molar-refractivity contribution in [1.29, 1.82) is 0 Å². The third-order valence-corrected chi connectivity index (χ3v) is 5.45. The molecule has 3 aromatic rings. The zero-order valence-electron chi connectivity index (χ0n) is 18.2. The van der Waals surface area contributed by atoms with Crippen molar-refractivity contribution in [3.63, 3.8) is 0 Å². The minimum atomic E-state index is 0.710. The molecule has 0 unspecified atom stereocenters. The van der Waals surface area contributed by atoms with Crippen LogP contribution in [0.25, 0.3) is 11.0 Å². The Hall–Kier alpha value is -3.56. The first-order valence-corrected chi connectivity index (χ1v) is 10.4. The van der Waals surface area contributed by atoms with Gasteiger partial charge in [0.1, 0.15) is 17.9 Å². The molecule has 1 aromatic carbocycles. The van der Waals surface area contributed by atoms with Crippen molar-refractivity contribution in [2.24, 2.45) is 12.0 Å². The van der Waals surface area contributed by atoms with Gasteiger partial charge < -0.3 is 25.2 Å². The molecule has 164 valence electrons. The highest BCUT2D eigenvalue weighted by molar-refractivity contribution is 5.86. The number of aryl methyl sites for hydroxylation is 1. The van der Waals surface area contributed by atoms with E-state index in [2.05, 4.69) is 52.6 Å². The fourth-order valence-corrected chi connectivity index (χ4v) is 3.84. The van der Waals surface area contributed by atoms with E-state index in [1.54, 1.807) is 24.3 Å². The maximum atomic E-state index is 5.51. The van der Waals surface area contributed by atoms with E-state index in [4.69, 9.17) is 4.74 Å². The summed E-state index contributed by atoms with van der Waals surface area (Å²) < 4.78 is 7.25. The summed E-state index contributed by atoms with van der Waals surface area (Å²) in [5.74, 6) is 2.62. The molecule has 0 aliphatic carbocycles. The van der Waals surface area contributed by atoms with Gasteiger partial charge in [0.25, 0.3) is 0 Å². The number of para-hydroxylation sites is 2. The van der Waals surface area contributed by atoms with Crippen LogP contribution in [0.4, 0.5) is 11.5 Å². The summed E-state index contributed by atoms with van der Waals surface area (Å²) in [7, 11) is 5.42. The second kappa shape index (κ2) is 9.50. The van der Waals surface area contributed by atoms with E-state index in [1.807, 2.05) is 26.2 Å². The number of nitrogens with one attached hydrogen (secondary N) is 2. The highest BCUT2D eigenvalue weighted by Gasteiger charge is 2.21. The Bertz CT molecular complexity index is 1040. The summed E-state index contributed by atoms with van der Waals surface area (Å²) in [4.78, 5) is 17.7. The van der Waals surface area contributed by atoms with E-state index in [0.29, 0.717) is 6.54 Å². The average Bonchev–Trinajstić information content (AvgIpc) is 3.21. The molecular weight excluding hydrogens is 394 g/mol. The van der Waals surface area contributed by atoms with E-state index in [-0.39, 0.29) is 0 Å². The number of rotatable bonds is 6. The van der Waals surface area contributed by atoms with Crippen LogP contribution in [0.5, 0.6) is 5.75 Å². The van der Waals surface area contributed by atoms with Crippen molar-refractivity contribution in [1.82, 2.24) is 30.0 Å². The van der Waals surface area contributed by atoms with Crippen LogP contribution in [0.1, 0.15) is 0 Å². The molecule has 0 amide bonds. The highest BCUT2D eigenvalue weighted by Crippen LogP contribution is 2.28. The van der Waals surface area contributed by atoms with Gasteiger partial charge in [-0.2, -0.15) is 5.10 Å². The molecule has 4 rings (SSSR count). The number of aliphatic imine (C=N–C) groups is 1. The number of guanidine groups is 1. The van der Waals surface area contributed by atoms with E-state index < -0.39 is 0 Å². The summed E-state index contributed by atoms with van der Waals surface area (Å²) in [6.07, 6.45) is 3.34. The topological polar surface area (TPSA) is 95.7 Å². The van der Waals surface area contributed by atoms with Crippen LogP contribution in [0.3, 0.4) is 0 Å². The van der Waals surface area contributed by atoms with Crippen LogP contribution in [0.15, 0.2) is 41.8 Å². The lowest BCUT2D eigenvalue weighted by atomic mass is 10.2. The molecule has 0 spiro atoms. The van der Waals surface area contributed by atoms with Crippen LogP contribution in [-0.2, 0) is 7.05 Å². The highest BCUT2D eigenvalue weighted by atomic mass is 16.5. The van der Waals surface area contributed by atoms with E-state index in [0.717, 1.165) is 67.0 Å². The summed E-state index contributed by atoms with van der Waals surface area (Å²) >= 11 is 0. The maximum absolute atomic E-state index is 5.51. The molecule has 3 heterocycles. The summed E-state index contributed by atoms with van der Waals surface area (Å²) in [5, 5.41) is 12.0. The quantitative estimate of drug-likeness (QED) is 0.347. The monoisotopic (exact) mass is 423 g/mol. The summed E-state index contributed by atoms with van der Waals surface area (Å²) in [5.41, 5.74) is 1.96. The molecule has 0 radical (unpaired) electrons. The zero-order valence-corrected chi connectivity index (χ0v) is 18.2. The standard InChI is InChI=1S/C21H29N9O/c1-22-21(24-9-8-23-19-16-14-27-28(2)20(16)26-15-25-19)30-12-10-29(11-13-30)17-6-4-5-7-18(17)31-3/h4-7,14-15H,8-13H2,1-3H3,(H,22,24)(H,23,25,26). The number of hydrogen-bond acceptors (Lipinski definition) is 7. The van der Waals surface area contributed by atoms with Gasteiger partial charge in [-0.3, -0.25) is 9.67 Å². The van der Waals surface area contributed by atoms with Gasteiger partial charge in [0.15, 0.2) is 11.6 Å². The normalized spacial score (nSPS) is 14.7. The molecule has 31 heavy (non-hydrogen) atoms. The smallest absolute Gasteiger partial charge is 0.193 e. The molecule has 10 heteroatoms. The van der Waals surface area contributed by atoms with Crippen LogP contribution in [0.2, 0.25) is 0 Å². The lowest BCUT2D eigenvalue weighted by molar-refractivity contribution is 0.367. The first kappa shape index (κ1) is 20.7. The number of hydrogen-bond donors (Lipinski definition) is 2. The first-order chi connectivity index (χ1) is 15.2. The van der Waals surface area contributed by atoms with Gasteiger partial charge in [-0.25, -0.2) is 9.97 Å². The first-order valence-electron chi connectivity index (χ1n) is 10.4. The third kappa shape index (κ3) is 4.47. The van der Waals surface area contributed by atoms with Gasteiger partial charge in [0, 0.05) is 53.4 Å². The lowest BCUT2D eigenvalue weighted by Gasteiger charge is -2.38. The van der Waals surface area contributed by atoms with Gasteiger partial charge in [-0.05, 0) is 12.1 Å². The number of benzene rings is 1. The molecule has 0 saturated carbocycles. The Kier molecular flexibility index (Phi) is 6.34. The minimum absolute atomic E-state index is 0.710. The summed E-state index contributed by atoms with van der Waals surface area (Å²) in [6, 6.07) is 8.17. The van der Waals surface area contributed by atoms with Crippen LogP contribution < -0.4 is 20.3 Å². The lowest BCUT2D eigenvalue weighted by Crippen LogP contribution is -2.53. The Morgan fingerprint density at radius 3 is 2.71 bits per heavy atom.